The molecule has 6 nitrogen and oxygen atoms in total. The summed E-state index contributed by atoms with van der Waals surface area (Å²) in [4.78, 5) is 26.2. The molecule has 0 aliphatic heterocycles. The topological polar surface area (TPSA) is 77.8 Å². The number of hydrogen-bond donors (Lipinski definition) is 1. The standard InChI is InChI=1S/C25H18Cl3NO5/c1-13(25(31)29-17-8-10-21(32-2)19(28)12-17)33-24-22(30)18-11-16(27)7-9-20(18)34-23(24)14-3-5-15(26)6-4-14/h3-13H,1-2H3,(H,29,31). The van der Waals surface area contributed by atoms with Gasteiger partial charge < -0.3 is 19.2 Å². The van der Waals surface area contributed by atoms with Crippen LogP contribution in [0, 0.1) is 0 Å². The van der Waals surface area contributed by atoms with Gasteiger partial charge in [0.1, 0.15) is 11.3 Å². The smallest absolute Gasteiger partial charge is 0.265 e. The molecule has 0 saturated carbocycles. The summed E-state index contributed by atoms with van der Waals surface area (Å²) < 4.78 is 17.0. The van der Waals surface area contributed by atoms with E-state index in [0.29, 0.717) is 37.7 Å². The Morgan fingerprint density at radius 2 is 1.68 bits per heavy atom. The van der Waals surface area contributed by atoms with Crippen LogP contribution < -0.4 is 20.2 Å². The van der Waals surface area contributed by atoms with Crippen molar-refractivity contribution in [2.75, 3.05) is 12.4 Å². The van der Waals surface area contributed by atoms with Crippen LogP contribution in [0.2, 0.25) is 15.1 Å². The molecule has 0 bridgehead atoms. The number of methoxy groups -OCH3 is 1. The number of halogens is 3. The molecule has 0 aliphatic rings. The molecule has 1 aromatic heterocycles. The molecule has 0 radical (unpaired) electrons. The zero-order valence-electron chi connectivity index (χ0n) is 18.0. The fourth-order valence-electron chi connectivity index (χ4n) is 3.27. The number of hydrogen-bond acceptors (Lipinski definition) is 5. The summed E-state index contributed by atoms with van der Waals surface area (Å²) in [5, 5.41) is 4.17. The zero-order valence-corrected chi connectivity index (χ0v) is 20.3. The van der Waals surface area contributed by atoms with E-state index in [9.17, 15) is 9.59 Å². The highest BCUT2D eigenvalue weighted by atomic mass is 35.5. The van der Waals surface area contributed by atoms with Crippen LogP contribution in [0.3, 0.4) is 0 Å². The first-order valence-corrected chi connectivity index (χ1v) is 11.2. The highest BCUT2D eigenvalue weighted by molar-refractivity contribution is 6.32. The minimum atomic E-state index is -1.05. The number of fused-ring (bicyclic) bond motifs is 1. The number of carbonyl (C=O) groups is 1. The number of amides is 1. The Labute approximate surface area is 210 Å². The third-order valence-corrected chi connectivity index (χ3v) is 5.78. The van der Waals surface area contributed by atoms with Crippen molar-refractivity contribution in [2.45, 2.75) is 13.0 Å². The van der Waals surface area contributed by atoms with Gasteiger partial charge in [-0.2, -0.15) is 0 Å². The molecule has 1 unspecified atom stereocenters. The van der Waals surface area contributed by atoms with Crippen molar-refractivity contribution < 1.29 is 18.7 Å². The molecule has 0 aliphatic carbocycles. The maximum Gasteiger partial charge on any atom is 0.265 e. The summed E-state index contributed by atoms with van der Waals surface area (Å²) in [6.45, 7) is 1.52. The van der Waals surface area contributed by atoms with Gasteiger partial charge in [-0.25, -0.2) is 0 Å². The van der Waals surface area contributed by atoms with Crippen LogP contribution in [-0.2, 0) is 4.79 Å². The lowest BCUT2D eigenvalue weighted by atomic mass is 10.1. The van der Waals surface area contributed by atoms with Gasteiger partial charge in [-0.1, -0.05) is 34.8 Å². The van der Waals surface area contributed by atoms with E-state index < -0.39 is 17.4 Å². The zero-order chi connectivity index (χ0) is 24.4. The molecular formula is C25H18Cl3NO5. The van der Waals surface area contributed by atoms with E-state index in [1.807, 2.05) is 0 Å². The van der Waals surface area contributed by atoms with Crippen LogP contribution in [0.25, 0.3) is 22.3 Å². The first-order valence-electron chi connectivity index (χ1n) is 10.1. The second kappa shape index (κ2) is 9.97. The molecular weight excluding hydrogens is 501 g/mol. The van der Waals surface area contributed by atoms with Gasteiger partial charge in [-0.3, -0.25) is 9.59 Å². The highest BCUT2D eigenvalue weighted by Gasteiger charge is 2.23. The number of anilines is 1. The molecule has 0 fully saturated rings. The lowest BCUT2D eigenvalue weighted by molar-refractivity contribution is -0.122. The van der Waals surface area contributed by atoms with Crippen molar-refractivity contribution in [1.29, 1.82) is 0 Å². The largest absolute Gasteiger partial charge is 0.495 e. The van der Waals surface area contributed by atoms with E-state index in [-0.39, 0.29) is 16.9 Å². The van der Waals surface area contributed by atoms with Crippen LogP contribution in [-0.4, -0.2) is 19.1 Å². The Hall–Kier alpha value is -3.19. The summed E-state index contributed by atoms with van der Waals surface area (Å²) in [5.41, 5.74) is 0.877. The van der Waals surface area contributed by atoms with Crippen LogP contribution in [0.1, 0.15) is 6.92 Å². The van der Waals surface area contributed by atoms with Crippen molar-refractivity contribution in [3.05, 3.63) is 86.0 Å². The summed E-state index contributed by atoms with van der Waals surface area (Å²) in [6, 6.07) is 16.2. The fourth-order valence-corrected chi connectivity index (χ4v) is 3.82. The first-order chi connectivity index (χ1) is 16.3. The minimum absolute atomic E-state index is 0.118. The average Bonchev–Trinajstić information content (AvgIpc) is 2.81. The first kappa shape index (κ1) is 24.0. The van der Waals surface area contributed by atoms with Gasteiger partial charge in [-0.05, 0) is 67.6 Å². The number of nitrogens with one attached hydrogen (secondary N) is 1. The van der Waals surface area contributed by atoms with Crippen LogP contribution in [0.5, 0.6) is 11.5 Å². The second-order valence-corrected chi connectivity index (χ2v) is 8.62. The normalized spacial score (nSPS) is 11.8. The van der Waals surface area contributed by atoms with Crippen molar-refractivity contribution in [2.24, 2.45) is 0 Å². The molecule has 1 atom stereocenters. The highest BCUT2D eigenvalue weighted by Crippen LogP contribution is 2.33. The van der Waals surface area contributed by atoms with Crippen molar-refractivity contribution >= 4 is 57.4 Å². The predicted molar refractivity (Wildman–Crippen MR) is 135 cm³/mol. The summed E-state index contributed by atoms with van der Waals surface area (Å²) >= 11 is 18.2. The molecule has 1 N–H and O–H groups in total. The van der Waals surface area contributed by atoms with Crippen LogP contribution >= 0.6 is 34.8 Å². The molecule has 0 saturated heterocycles. The Kier molecular flexibility index (Phi) is 7.03. The van der Waals surface area contributed by atoms with Gasteiger partial charge in [0, 0.05) is 21.3 Å². The third kappa shape index (κ3) is 4.99. The molecule has 3 aromatic carbocycles. The van der Waals surface area contributed by atoms with Crippen molar-refractivity contribution in [3.63, 3.8) is 0 Å². The van der Waals surface area contributed by atoms with Gasteiger partial charge >= 0.3 is 0 Å². The monoisotopic (exact) mass is 517 g/mol. The van der Waals surface area contributed by atoms with Crippen molar-refractivity contribution in [3.8, 4) is 22.8 Å². The van der Waals surface area contributed by atoms with Gasteiger partial charge in [0.05, 0.1) is 17.5 Å². The fraction of sp³-hybridized carbons (Fsp3) is 0.120. The number of carbonyl (C=O) groups excluding carboxylic acids is 1. The summed E-state index contributed by atoms with van der Waals surface area (Å²) in [7, 11) is 1.50. The lowest BCUT2D eigenvalue weighted by Gasteiger charge is -2.17. The molecule has 1 heterocycles. The summed E-state index contributed by atoms with van der Waals surface area (Å²) in [5.74, 6) is 0.0361. The van der Waals surface area contributed by atoms with Crippen LogP contribution in [0.4, 0.5) is 5.69 Å². The number of rotatable bonds is 6. The van der Waals surface area contributed by atoms with E-state index in [0.717, 1.165) is 0 Å². The van der Waals surface area contributed by atoms with Crippen molar-refractivity contribution in [1.82, 2.24) is 0 Å². The van der Waals surface area contributed by atoms with Gasteiger partial charge in [0.2, 0.25) is 11.2 Å². The minimum Gasteiger partial charge on any atom is -0.495 e. The van der Waals surface area contributed by atoms with E-state index in [1.165, 1.54) is 20.1 Å². The van der Waals surface area contributed by atoms with Gasteiger partial charge in [0.15, 0.2) is 11.9 Å². The molecule has 0 spiro atoms. The van der Waals surface area contributed by atoms with E-state index in [2.05, 4.69) is 5.32 Å². The Morgan fingerprint density at radius 1 is 0.971 bits per heavy atom. The Morgan fingerprint density at radius 3 is 2.35 bits per heavy atom. The predicted octanol–water partition coefficient (Wildman–Crippen LogP) is 6.83. The lowest BCUT2D eigenvalue weighted by Crippen LogP contribution is -2.31. The quantitative estimate of drug-likeness (QED) is 0.302. The van der Waals surface area contributed by atoms with Gasteiger partial charge in [0.25, 0.3) is 5.91 Å². The SMILES string of the molecule is COc1ccc(NC(=O)C(C)Oc2c(-c3ccc(Cl)cc3)oc3ccc(Cl)cc3c2=O)cc1Cl. The number of ether oxygens (including phenoxy) is 2. The second-order valence-electron chi connectivity index (χ2n) is 7.34. The van der Waals surface area contributed by atoms with Crippen LogP contribution in [0.15, 0.2) is 69.9 Å². The van der Waals surface area contributed by atoms with Gasteiger partial charge in [-0.15, -0.1) is 0 Å². The number of benzene rings is 3. The van der Waals surface area contributed by atoms with E-state index in [4.69, 9.17) is 48.7 Å². The third-order valence-electron chi connectivity index (χ3n) is 5.00. The van der Waals surface area contributed by atoms with E-state index >= 15 is 0 Å². The maximum atomic E-state index is 13.3. The molecule has 4 aromatic rings. The Balaban J connectivity index is 1.70. The molecule has 34 heavy (non-hydrogen) atoms. The summed E-state index contributed by atoms with van der Waals surface area (Å²) in [6.07, 6.45) is -1.05. The van der Waals surface area contributed by atoms with E-state index in [1.54, 1.807) is 54.6 Å². The molecule has 9 heteroatoms. The molecule has 4 rings (SSSR count). The maximum absolute atomic E-state index is 13.3. The molecule has 174 valence electrons. The Bertz CT molecular complexity index is 1430. The average molecular weight is 519 g/mol. The molecule has 1 amide bonds.